The van der Waals surface area contributed by atoms with Gasteiger partial charge in [-0.2, -0.15) is 4.58 Å². The average Bonchev–Trinajstić information content (AvgIpc) is 3.94. The van der Waals surface area contributed by atoms with Gasteiger partial charge in [-0.05, 0) is 92.3 Å². The SMILES string of the molecule is CC1(C)C(/C=C/C2=C(Cl)C(=C/C=C3/N(CCCCCC(=O)NCCOCCOCCON=[N+]=[N-])c4ccccc4C3(C)C)/CC2)=[N+](CCCCCC(=O)NCCOCCOCCOCCN=[N+]=[N-])c2ccccc21. The third-order valence-corrected chi connectivity index (χ3v) is 13.8. The molecule has 0 fully saturated rings. The monoisotopic (exact) mass is 1040 g/mol. The molecule has 5 rings (SSSR count). The quantitative estimate of drug-likeness (QED) is 0.0164. The maximum atomic E-state index is 12.6. The van der Waals surface area contributed by atoms with Crippen LogP contribution in [0.2, 0.25) is 0 Å². The number of carbonyl (C=O) groups is 2. The molecule has 74 heavy (non-hydrogen) atoms. The van der Waals surface area contributed by atoms with Crippen molar-refractivity contribution in [2.45, 2.75) is 103 Å². The number of para-hydroxylation sites is 2. The summed E-state index contributed by atoms with van der Waals surface area (Å²) in [4.78, 5) is 37.3. The van der Waals surface area contributed by atoms with Crippen LogP contribution in [0.25, 0.3) is 20.9 Å². The molecule has 19 heteroatoms. The number of benzene rings is 2. The average molecular weight is 1040 g/mol. The number of allylic oxidation sites excluding steroid dienone is 8. The molecule has 1 aliphatic carbocycles. The van der Waals surface area contributed by atoms with E-state index in [9.17, 15) is 9.59 Å². The second-order valence-electron chi connectivity index (χ2n) is 19.2. The molecule has 0 atom stereocenters. The Morgan fingerprint density at radius 2 is 1.28 bits per heavy atom. The molecule has 2 amide bonds. The van der Waals surface area contributed by atoms with Gasteiger partial charge in [0.1, 0.15) is 18.4 Å². The molecule has 0 saturated heterocycles. The van der Waals surface area contributed by atoms with E-state index < -0.39 is 0 Å². The van der Waals surface area contributed by atoms with E-state index in [1.54, 1.807) is 0 Å². The van der Waals surface area contributed by atoms with E-state index in [4.69, 9.17) is 46.3 Å². The molecule has 402 valence electrons. The van der Waals surface area contributed by atoms with E-state index in [2.05, 4.69) is 146 Å². The number of hydrogen-bond donors (Lipinski definition) is 2. The van der Waals surface area contributed by atoms with Crippen molar-refractivity contribution in [1.29, 1.82) is 0 Å². The number of hydrogen-bond acceptors (Lipinski definition) is 11. The summed E-state index contributed by atoms with van der Waals surface area (Å²) in [6.45, 7) is 16.3. The van der Waals surface area contributed by atoms with Gasteiger partial charge in [-0.3, -0.25) is 9.59 Å². The molecule has 2 aromatic rings. The smallest absolute Gasteiger partial charge is 0.220 e. The Balaban J connectivity index is 1.09. The van der Waals surface area contributed by atoms with Crippen LogP contribution in [0.3, 0.4) is 0 Å². The minimum Gasteiger partial charge on any atom is -0.431 e. The highest BCUT2D eigenvalue weighted by Gasteiger charge is 2.44. The summed E-state index contributed by atoms with van der Waals surface area (Å²) < 4.78 is 29.6. The van der Waals surface area contributed by atoms with Crippen molar-refractivity contribution in [3.8, 4) is 0 Å². The number of nitrogens with zero attached hydrogens (tertiary/aromatic N) is 8. The fourth-order valence-corrected chi connectivity index (χ4v) is 9.79. The van der Waals surface area contributed by atoms with Crippen LogP contribution in [-0.2, 0) is 48.9 Å². The zero-order chi connectivity index (χ0) is 52.9. The Labute approximate surface area is 442 Å². The Morgan fingerprint density at radius 1 is 0.689 bits per heavy atom. The lowest BCUT2D eigenvalue weighted by atomic mass is 9.81. The van der Waals surface area contributed by atoms with Gasteiger partial charge in [-0.1, -0.05) is 85.5 Å². The summed E-state index contributed by atoms with van der Waals surface area (Å²) in [5.41, 5.74) is 25.9. The van der Waals surface area contributed by atoms with Crippen LogP contribution in [-0.4, -0.2) is 128 Å². The molecule has 2 heterocycles. The molecule has 0 aromatic heterocycles. The van der Waals surface area contributed by atoms with Crippen LogP contribution in [0.4, 0.5) is 11.4 Å². The van der Waals surface area contributed by atoms with Crippen LogP contribution in [0.5, 0.6) is 0 Å². The van der Waals surface area contributed by atoms with Gasteiger partial charge in [-0.25, -0.2) is 0 Å². The van der Waals surface area contributed by atoms with Crippen molar-refractivity contribution in [1.82, 2.24) is 10.6 Å². The van der Waals surface area contributed by atoms with Crippen LogP contribution < -0.4 is 15.5 Å². The number of amides is 2. The first kappa shape index (κ1) is 59.2. The molecule has 0 spiro atoms. The minimum absolute atomic E-state index is 0.0228. The van der Waals surface area contributed by atoms with Crippen LogP contribution >= 0.6 is 11.6 Å². The summed E-state index contributed by atoms with van der Waals surface area (Å²) in [7, 11) is 0. The molecule has 2 N–H and O–H groups in total. The number of anilines is 1. The first-order valence-electron chi connectivity index (χ1n) is 26.2. The Kier molecular flexibility index (Phi) is 26.1. The first-order valence-corrected chi connectivity index (χ1v) is 26.6. The number of carbonyl (C=O) groups excluding carboxylic acids is 2. The standard InChI is InChI=1S/C55H77ClN10O8/c1-54(2)45-15-9-11-17-47(45)65(30-13-5-7-19-51(67)59-27-32-69-35-38-72-39-37-71-34-29-61-62-57)49(54)25-23-43-21-22-44(53(43)56)24-26-50-55(3,4)46-16-10-12-18-48(46)66(50)31-14-6-8-20-52(68)60-28-33-70-36-40-73-41-42-74-64-63-58/h9-12,15-18,23-26H,5-8,13-14,19-22,27-42H2,1-4H3,(H-,59,60,67,68)/p+1. The summed E-state index contributed by atoms with van der Waals surface area (Å²) in [6.07, 6.45) is 17.1. The normalized spacial score (nSPS) is 16.5. The van der Waals surface area contributed by atoms with E-state index in [1.807, 2.05) is 0 Å². The zero-order valence-corrected chi connectivity index (χ0v) is 44.8. The third-order valence-electron chi connectivity index (χ3n) is 13.3. The van der Waals surface area contributed by atoms with Crippen molar-refractivity contribution in [2.24, 2.45) is 10.4 Å². The number of halogens is 1. The van der Waals surface area contributed by atoms with Gasteiger partial charge in [0, 0.05) is 94.8 Å². The Hall–Kier alpha value is -5.68. The summed E-state index contributed by atoms with van der Waals surface area (Å²) in [5.74, 6) is 0.0565. The number of fused-ring (bicyclic) bond motifs is 2. The van der Waals surface area contributed by atoms with Crippen LogP contribution in [0, 0.1) is 0 Å². The van der Waals surface area contributed by atoms with E-state index in [1.165, 1.54) is 33.9 Å². The number of azide groups is 2. The zero-order valence-electron chi connectivity index (χ0n) is 44.0. The van der Waals surface area contributed by atoms with Gasteiger partial charge in [-0.15, -0.1) is 0 Å². The third kappa shape index (κ3) is 18.6. The summed E-state index contributed by atoms with van der Waals surface area (Å²) in [5, 5.41) is 13.1. The predicted molar refractivity (Wildman–Crippen MR) is 290 cm³/mol. The number of rotatable bonds is 37. The van der Waals surface area contributed by atoms with E-state index in [0.717, 1.165) is 80.6 Å². The fourth-order valence-electron chi connectivity index (χ4n) is 9.47. The minimum atomic E-state index is -0.196. The van der Waals surface area contributed by atoms with Crippen molar-refractivity contribution in [3.05, 3.63) is 127 Å². The van der Waals surface area contributed by atoms with Gasteiger partial charge in [0.05, 0.1) is 71.5 Å². The molecule has 2 aromatic carbocycles. The molecule has 0 saturated carbocycles. The second kappa shape index (κ2) is 32.6. The maximum Gasteiger partial charge on any atom is 0.220 e. The topological polar surface area (TPSA) is 217 Å². The number of nitrogens with one attached hydrogen (secondary N) is 2. The lowest BCUT2D eigenvalue weighted by Crippen LogP contribution is -2.28. The second-order valence-corrected chi connectivity index (χ2v) is 19.6. The molecule has 0 radical (unpaired) electrons. The van der Waals surface area contributed by atoms with Crippen LogP contribution in [0.15, 0.2) is 105 Å². The first-order chi connectivity index (χ1) is 36.0. The van der Waals surface area contributed by atoms with Gasteiger partial charge in [0.2, 0.25) is 17.5 Å². The lowest BCUT2D eigenvalue weighted by Gasteiger charge is -2.27. The van der Waals surface area contributed by atoms with Crippen LogP contribution in [0.1, 0.15) is 103 Å². The summed E-state index contributed by atoms with van der Waals surface area (Å²) >= 11 is 7.25. The highest BCUT2D eigenvalue weighted by atomic mass is 35.5. The molecule has 18 nitrogen and oxygen atoms in total. The molecular formula is C55H78ClN10O8+. The number of ether oxygens (including phenoxy) is 5. The van der Waals surface area contributed by atoms with Crippen molar-refractivity contribution in [3.63, 3.8) is 0 Å². The van der Waals surface area contributed by atoms with Crippen molar-refractivity contribution >= 4 is 40.5 Å². The van der Waals surface area contributed by atoms with Gasteiger partial charge >= 0.3 is 0 Å². The van der Waals surface area contributed by atoms with Gasteiger partial charge < -0.3 is 44.1 Å². The highest BCUT2D eigenvalue weighted by Crippen LogP contribution is 2.48. The Morgan fingerprint density at radius 3 is 1.95 bits per heavy atom. The molecule has 3 aliphatic rings. The molecular weight excluding hydrogens is 964 g/mol. The molecule has 2 aliphatic heterocycles. The fraction of sp³-hybridized carbons (Fsp3) is 0.582. The van der Waals surface area contributed by atoms with Gasteiger partial charge in [0.25, 0.3) is 0 Å². The van der Waals surface area contributed by atoms with Crippen molar-refractivity contribution < 1.29 is 42.7 Å². The maximum absolute atomic E-state index is 12.6. The number of unbranched alkanes of at least 4 members (excludes halogenated alkanes) is 4. The highest BCUT2D eigenvalue weighted by molar-refractivity contribution is 6.33. The van der Waals surface area contributed by atoms with E-state index >= 15 is 0 Å². The Bertz CT molecular complexity index is 2390. The lowest BCUT2D eigenvalue weighted by molar-refractivity contribution is -0.438. The van der Waals surface area contributed by atoms with E-state index in [0.29, 0.717) is 98.5 Å². The molecule has 0 unspecified atom stereocenters. The van der Waals surface area contributed by atoms with Crippen molar-refractivity contribution in [2.75, 3.05) is 110 Å². The largest absolute Gasteiger partial charge is 0.431 e. The molecule has 0 bridgehead atoms. The predicted octanol–water partition coefficient (Wildman–Crippen LogP) is 10.5. The van der Waals surface area contributed by atoms with E-state index in [-0.39, 0.29) is 29.3 Å². The van der Waals surface area contributed by atoms with Gasteiger partial charge in [0.15, 0.2) is 5.71 Å². The summed E-state index contributed by atoms with van der Waals surface area (Å²) in [6, 6.07) is 17.3.